The highest BCUT2D eigenvalue weighted by Crippen LogP contribution is 2.15. The molecule has 0 aliphatic rings. The van der Waals surface area contributed by atoms with Gasteiger partial charge in [0.1, 0.15) is 0 Å². The summed E-state index contributed by atoms with van der Waals surface area (Å²) in [5.41, 5.74) is 2.65. The monoisotopic (exact) mass is 552 g/mol. The first-order valence-corrected chi connectivity index (χ1v) is 18.2. The van der Waals surface area contributed by atoms with E-state index in [-0.39, 0.29) is 5.91 Å². The molecule has 0 saturated heterocycles. The SMILES string of the molecule is CCCCCCCCCCCCCCCCCCONC(=O)CCCCCCCCCCCCCCCCC. The molecule has 234 valence electrons. The van der Waals surface area contributed by atoms with E-state index in [1.807, 2.05) is 0 Å². The van der Waals surface area contributed by atoms with Crippen molar-refractivity contribution in [1.82, 2.24) is 5.48 Å². The van der Waals surface area contributed by atoms with Crippen LogP contribution in [0, 0.1) is 0 Å². The highest BCUT2D eigenvalue weighted by atomic mass is 16.6. The Morgan fingerprint density at radius 3 is 0.949 bits per heavy atom. The summed E-state index contributed by atoms with van der Waals surface area (Å²) in [6.07, 6.45) is 42.9. The minimum Gasteiger partial charge on any atom is -0.274 e. The molecule has 0 aliphatic heterocycles. The first kappa shape index (κ1) is 38.4. The van der Waals surface area contributed by atoms with Crippen LogP contribution in [0.5, 0.6) is 0 Å². The fourth-order valence-corrected chi connectivity index (χ4v) is 5.56. The zero-order valence-electron chi connectivity index (χ0n) is 27.2. The molecule has 3 heteroatoms. The van der Waals surface area contributed by atoms with Crippen molar-refractivity contribution in [1.29, 1.82) is 0 Å². The van der Waals surface area contributed by atoms with Gasteiger partial charge in [-0.15, -0.1) is 0 Å². The van der Waals surface area contributed by atoms with Crippen LogP contribution in [-0.4, -0.2) is 12.5 Å². The summed E-state index contributed by atoms with van der Waals surface area (Å²) in [5.74, 6) is 0.0567. The van der Waals surface area contributed by atoms with Gasteiger partial charge in [0.15, 0.2) is 0 Å². The molecule has 0 aliphatic carbocycles. The van der Waals surface area contributed by atoms with Gasteiger partial charge in [0.05, 0.1) is 6.61 Å². The molecule has 0 atom stereocenters. The molecular weight excluding hydrogens is 478 g/mol. The minimum absolute atomic E-state index is 0.0567. The molecule has 0 aromatic heterocycles. The molecule has 1 amide bonds. The number of carbonyl (C=O) groups excluding carboxylic acids is 1. The van der Waals surface area contributed by atoms with E-state index in [4.69, 9.17) is 4.84 Å². The fraction of sp³-hybridized carbons (Fsp3) is 0.972. The van der Waals surface area contributed by atoms with E-state index in [1.165, 1.54) is 186 Å². The molecular formula is C36H73NO2. The molecule has 0 unspecified atom stereocenters. The molecule has 0 saturated carbocycles. The number of hydrogen-bond acceptors (Lipinski definition) is 2. The summed E-state index contributed by atoms with van der Waals surface area (Å²) in [6, 6.07) is 0. The normalized spacial score (nSPS) is 11.3. The Bertz CT molecular complexity index is 453. The van der Waals surface area contributed by atoms with Gasteiger partial charge in [0, 0.05) is 6.42 Å². The van der Waals surface area contributed by atoms with E-state index in [9.17, 15) is 4.79 Å². The van der Waals surface area contributed by atoms with Gasteiger partial charge in [-0.2, -0.15) is 0 Å². The standard InChI is InChI=1S/C36H73NO2/c1-3-5-7-9-11-13-15-17-19-21-23-25-27-29-31-33-35-39-37-36(38)34-32-30-28-26-24-22-20-18-16-14-12-10-8-6-4-2/h3-35H2,1-2H3,(H,37,38). The summed E-state index contributed by atoms with van der Waals surface area (Å²) in [4.78, 5) is 17.3. The number of hydrogen-bond donors (Lipinski definition) is 1. The Labute approximate surface area is 246 Å². The van der Waals surface area contributed by atoms with Gasteiger partial charge in [-0.3, -0.25) is 9.63 Å². The number of carbonyl (C=O) groups is 1. The lowest BCUT2D eigenvalue weighted by Gasteiger charge is -2.06. The fourth-order valence-electron chi connectivity index (χ4n) is 5.56. The van der Waals surface area contributed by atoms with Crippen LogP contribution in [0.15, 0.2) is 0 Å². The van der Waals surface area contributed by atoms with Crippen LogP contribution >= 0.6 is 0 Å². The Kier molecular flexibility index (Phi) is 34.9. The van der Waals surface area contributed by atoms with E-state index in [1.54, 1.807) is 0 Å². The molecule has 0 aromatic carbocycles. The Balaban J connectivity index is 3.14. The van der Waals surface area contributed by atoms with E-state index < -0.39 is 0 Å². The van der Waals surface area contributed by atoms with Crippen LogP contribution < -0.4 is 5.48 Å². The Morgan fingerprint density at radius 2 is 0.641 bits per heavy atom. The number of unbranched alkanes of at least 4 members (excludes halogenated alkanes) is 29. The van der Waals surface area contributed by atoms with Crippen molar-refractivity contribution in [3.8, 4) is 0 Å². The summed E-state index contributed by atoms with van der Waals surface area (Å²) in [5, 5.41) is 0. The number of nitrogens with one attached hydrogen (secondary N) is 1. The van der Waals surface area contributed by atoms with E-state index >= 15 is 0 Å². The number of rotatable bonds is 34. The van der Waals surface area contributed by atoms with Crippen LogP contribution in [0.25, 0.3) is 0 Å². The molecule has 1 N–H and O–H groups in total. The second-order valence-corrected chi connectivity index (χ2v) is 12.4. The first-order valence-electron chi connectivity index (χ1n) is 18.2. The van der Waals surface area contributed by atoms with Gasteiger partial charge >= 0.3 is 0 Å². The zero-order chi connectivity index (χ0) is 28.3. The van der Waals surface area contributed by atoms with Crippen LogP contribution in [0.4, 0.5) is 0 Å². The van der Waals surface area contributed by atoms with E-state index in [0.29, 0.717) is 13.0 Å². The molecule has 3 nitrogen and oxygen atoms in total. The van der Waals surface area contributed by atoms with E-state index in [0.717, 1.165) is 12.8 Å². The third-order valence-corrected chi connectivity index (χ3v) is 8.29. The van der Waals surface area contributed by atoms with Crippen molar-refractivity contribution in [3.63, 3.8) is 0 Å². The van der Waals surface area contributed by atoms with Crippen molar-refractivity contribution < 1.29 is 9.63 Å². The maximum atomic E-state index is 11.9. The predicted molar refractivity (Wildman–Crippen MR) is 173 cm³/mol. The van der Waals surface area contributed by atoms with Crippen molar-refractivity contribution in [3.05, 3.63) is 0 Å². The smallest absolute Gasteiger partial charge is 0.243 e. The zero-order valence-corrected chi connectivity index (χ0v) is 27.2. The third-order valence-electron chi connectivity index (χ3n) is 8.29. The molecule has 0 spiro atoms. The van der Waals surface area contributed by atoms with Gasteiger partial charge in [0.2, 0.25) is 5.91 Å². The summed E-state index contributed by atoms with van der Waals surface area (Å²) >= 11 is 0. The Hall–Kier alpha value is -0.570. The Morgan fingerprint density at radius 1 is 0.385 bits per heavy atom. The third kappa shape index (κ3) is 35.4. The van der Waals surface area contributed by atoms with Crippen molar-refractivity contribution in [2.75, 3.05) is 6.61 Å². The molecule has 0 radical (unpaired) electrons. The van der Waals surface area contributed by atoms with Gasteiger partial charge in [0.25, 0.3) is 0 Å². The van der Waals surface area contributed by atoms with Crippen LogP contribution in [0.1, 0.15) is 219 Å². The van der Waals surface area contributed by atoms with E-state index in [2.05, 4.69) is 19.3 Å². The maximum absolute atomic E-state index is 11.9. The lowest BCUT2D eigenvalue weighted by Crippen LogP contribution is -2.23. The highest BCUT2D eigenvalue weighted by molar-refractivity contribution is 5.74. The van der Waals surface area contributed by atoms with Crippen LogP contribution in [0.3, 0.4) is 0 Å². The molecule has 0 heterocycles. The number of hydroxylamine groups is 1. The van der Waals surface area contributed by atoms with Crippen LogP contribution in [0.2, 0.25) is 0 Å². The topological polar surface area (TPSA) is 38.3 Å². The van der Waals surface area contributed by atoms with Gasteiger partial charge < -0.3 is 0 Å². The first-order chi connectivity index (χ1) is 19.3. The summed E-state index contributed by atoms with van der Waals surface area (Å²) in [7, 11) is 0. The molecule has 0 aromatic rings. The van der Waals surface area contributed by atoms with Crippen molar-refractivity contribution in [2.24, 2.45) is 0 Å². The quantitative estimate of drug-likeness (QED) is 0.0638. The van der Waals surface area contributed by atoms with Crippen molar-refractivity contribution in [2.45, 2.75) is 219 Å². The second kappa shape index (κ2) is 35.5. The molecule has 0 bridgehead atoms. The number of amides is 1. The molecule has 0 fully saturated rings. The molecule has 0 rings (SSSR count). The van der Waals surface area contributed by atoms with Gasteiger partial charge in [-0.25, -0.2) is 5.48 Å². The molecule has 39 heavy (non-hydrogen) atoms. The predicted octanol–water partition coefficient (Wildman–Crippen LogP) is 12.6. The maximum Gasteiger partial charge on any atom is 0.243 e. The lowest BCUT2D eigenvalue weighted by molar-refractivity contribution is -0.133. The van der Waals surface area contributed by atoms with Gasteiger partial charge in [-0.1, -0.05) is 200 Å². The summed E-state index contributed by atoms with van der Waals surface area (Å²) in [6.45, 7) is 5.23. The van der Waals surface area contributed by atoms with Crippen molar-refractivity contribution >= 4 is 5.91 Å². The highest BCUT2D eigenvalue weighted by Gasteiger charge is 2.01. The minimum atomic E-state index is 0.0567. The summed E-state index contributed by atoms with van der Waals surface area (Å²) < 4.78 is 0. The largest absolute Gasteiger partial charge is 0.274 e. The average molecular weight is 552 g/mol. The second-order valence-electron chi connectivity index (χ2n) is 12.4. The lowest BCUT2D eigenvalue weighted by atomic mass is 10.0. The van der Waals surface area contributed by atoms with Crippen LogP contribution in [-0.2, 0) is 9.63 Å². The average Bonchev–Trinajstić information content (AvgIpc) is 2.94. The van der Waals surface area contributed by atoms with Gasteiger partial charge in [-0.05, 0) is 12.8 Å².